The maximum absolute atomic E-state index is 12.5. The molecule has 1 aromatic rings. The van der Waals surface area contributed by atoms with Crippen LogP contribution in [-0.2, 0) is 0 Å². The van der Waals surface area contributed by atoms with Gasteiger partial charge in [-0.2, -0.15) is 0 Å². The van der Waals surface area contributed by atoms with Crippen LogP contribution in [0.4, 0.5) is 4.39 Å². The third kappa shape index (κ3) is 3.50. The van der Waals surface area contributed by atoms with Gasteiger partial charge in [-0.25, -0.2) is 4.39 Å². The third-order valence-corrected chi connectivity index (χ3v) is 2.74. The second-order valence-corrected chi connectivity index (χ2v) is 4.10. The molecular weight excluding hydrogens is 247 g/mol. The smallest absolute Gasteiger partial charge is 0.123 e. The fourth-order valence-electron chi connectivity index (χ4n) is 0.822. The highest BCUT2D eigenvalue weighted by Crippen LogP contribution is 2.16. The normalized spacial score (nSPS) is 9.71. The molecule has 0 aliphatic rings. The molecule has 1 aromatic carbocycles. The number of rotatable bonds is 3. The van der Waals surface area contributed by atoms with E-state index in [2.05, 4.69) is 15.9 Å². The molecule has 0 saturated carbocycles. The van der Waals surface area contributed by atoms with Gasteiger partial charge < -0.3 is 4.74 Å². The minimum atomic E-state index is -0.251. The van der Waals surface area contributed by atoms with E-state index < -0.39 is 0 Å². The molecule has 0 amide bonds. The van der Waals surface area contributed by atoms with Crippen molar-refractivity contribution < 1.29 is 9.13 Å². The van der Waals surface area contributed by atoms with Gasteiger partial charge in [-0.1, -0.05) is 21.5 Å². The van der Waals surface area contributed by atoms with E-state index in [1.807, 2.05) is 13.8 Å². The molecule has 0 N–H and O–H groups in total. The highest BCUT2D eigenvalue weighted by Gasteiger charge is 1.97. The molecule has 76 valence electrons. The van der Waals surface area contributed by atoms with E-state index in [1.165, 1.54) is 17.7 Å². The molecule has 0 aliphatic heterocycles. The largest absolute Gasteiger partial charge is 0.488 e. The number of ether oxygens (including phenoxy) is 1. The lowest BCUT2D eigenvalue weighted by atomic mass is 10.3. The van der Waals surface area contributed by atoms with Gasteiger partial charge in [0.1, 0.15) is 18.2 Å². The summed E-state index contributed by atoms with van der Waals surface area (Å²) in [5, 5.41) is 0. The van der Waals surface area contributed by atoms with Crippen LogP contribution in [-0.4, -0.2) is 6.61 Å². The van der Waals surface area contributed by atoms with Crippen LogP contribution in [0.1, 0.15) is 13.8 Å². The Kier molecular flexibility index (Phi) is 4.14. The second kappa shape index (κ2) is 5.15. The van der Waals surface area contributed by atoms with E-state index in [0.717, 1.165) is 4.48 Å². The Hall–Kier alpha value is -0.830. The molecule has 3 heteroatoms. The van der Waals surface area contributed by atoms with Gasteiger partial charge in [0.2, 0.25) is 0 Å². The molecule has 0 unspecified atom stereocenters. The van der Waals surface area contributed by atoms with Crippen LogP contribution in [0.3, 0.4) is 0 Å². The summed E-state index contributed by atoms with van der Waals surface area (Å²) >= 11 is 3.39. The van der Waals surface area contributed by atoms with Gasteiger partial charge in [0.05, 0.1) is 0 Å². The molecule has 0 saturated heterocycles. The van der Waals surface area contributed by atoms with Crippen molar-refractivity contribution in [1.82, 2.24) is 0 Å². The SMILES string of the molecule is CC(C)=C(Br)COc1ccc(F)cc1. The predicted octanol–water partition coefficient (Wildman–Crippen LogP) is 3.89. The molecule has 0 fully saturated rings. The third-order valence-electron chi connectivity index (χ3n) is 1.72. The first-order valence-corrected chi connectivity index (χ1v) is 5.09. The topological polar surface area (TPSA) is 9.23 Å². The van der Waals surface area contributed by atoms with Crippen LogP contribution >= 0.6 is 15.9 Å². The molecule has 1 nitrogen and oxygen atoms in total. The maximum Gasteiger partial charge on any atom is 0.123 e. The van der Waals surface area contributed by atoms with E-state index >= 15 is 0 Å². The Morgan fingerprint density at radius 1 is 1.29 bits per heavy atom. The van der Waals surface area contributed by atoms with Crippen molar-refractivity contribution in [2.75, 3.05) is 6.61 Å². The van der Waals surface area contributed by atoms with E-state index in [-0.39, 0.29) is 5.82 Å². The van der Waals surface area contributed by atoms with Gasteiger partial charge >= 0.3 is 0 Å². The van der Waals surface area contributed by atoms with Crippen molar-refractivity contribution in [3.63, 3.8) is 0 Å². The Bertz CT molecular complexity index is 326. The summed E-state index contributed by atoms with van der Waals surface area (Å²) in [4.78, 5) is 0. The van der Waals surface area contributed by atoms with E-state index in [0.29, 0.717) is 12.4 Å². The number of hydrogen-bond donors (Lipinski definition) is 0. The molecule has 0 aromatic heterocycles. The number of halogens is 2. The quantitative estimate of drug-likeness (QED) is 0.800. The van der Waals surface area contributed by atoms with Gasteiger partial charge in [0, 0.05) is 4.48 Å². The van der Waals surface area contributed by atoms with Crippen molar-refractivity contribution in [2.24, 2.45) is 0 Å². The minimum absolute atomic E-state index is 0.251. The van der Waals surface area contributed by atoms with Crippen molar-refractivity contribution >= 4 is 15.9 Å². The first kappa shape index (κ1) is 11.2. The van der Waals surface area contributed by atoms with Gasteiger partial charge in [-0.15, -0.1) is 0 Å². The summed E-state index contributed by atoms with van der Waals surface area (Å²) < 4.78 is 19.0. The second-order valence-electron chi connectivity index (χ2n) is 3.15. The lowest BCUT2D eigenvalue weighted by Gasteiger charge is -2.06. The zero-order chi connectivity index (χ0) is 10.6. The summed E-state index contributed by atoms with van der Waals surface area (Å²) in [7, 11) is 0. The first-order chi connectivity index (χ1) is 6.59. The molecule has 1 rings (SSSR count). The monoisotopic (exact) mass is 258 g/mol. The van der Waals surface area contributed by atoms with E-state index in [1.54, 1.807) is 12.1 Å². The molecule has 0 radical (unpaired) electrons. The summed E-state index contributed by atoms with van der Waals surface area (Å²) in [6.45, 7) is 4.48. The van der Waals surface area contributed by atoms with Crippen molar-refractivity contribution in [3.8, 4) is 5.75 Å². The summed E-state index contributed by atoms with van der Waals surface area (Å²) in [5.74, 6) is 0.420. The summed E-state index contributed by atoms with van der Waals surface area (Å²) in [6, 6.07) is 5.98. The van der Waals surface area contributed by atoms with Crippen molar-refractivity contribution in [1.29, 1.82) is 0 Å². The predicted molar refractivity (Wildman–Crippen MR) is 59.2 cm³/mol. The van der Waals surface area contributed by atoms with Gasteiger partial charge in [0.25, 0.3) is 0 Å². The first-order valence-electron chi connectivity index (χ1n) is 4.30. The van der Waals surface area contributed by atoms with Crippen LogP contribution in [0, 0.1) is 5.82 Å². The molecule has 0 spiro atoms. The van der Waals surface area contributed by atoms with Crippen molar-refractivity contribution in [3.05, 3.63) is 40.1 Å². The molecule has 0 heterocycles. The van der Waals surface area contributed by atoms with Crippen LogP contribution in [0.25, 0.3) is 0 Å². The minimum Gasteiger partial charge on any atom is -0.488 e. The Morgan fingerprint density at radius 3 is 2.36 bits per heavy atom. The molecular formula is C11H12BrFO. The summed E-state index contributed by atoms with van der Waals surface area (Å²) in [5.41, 5.74) is 1.17. The van der Waals surface area contributed by atoms with E-state index in [9.17, 15) is 4.39 Å². The average Bonchev–Trinajstić information content (AvgIpc) is 2.16. The van der Waals surface area contributed by atoms with Crippen LogP contribution in [0.5, 0.6) is 5.75 Å². The number of hydrogen-bond acceptors (Lipinski definition) is 1. The van der Waals surface area contributed by atoms with Crippen LogP contribution in [0.15, 0.2) is 34.3 Å². The van der Waals surface area contributed by atoms with Crippen LogP contribution in [0.2, 0.25) is 0 Å². The Labute approximate surface area is 91.7 Å². The number of benzene rings is 1. The Morgan fingerprint density at radius 2 is 1.86 bits per heavy atom. The van der Waals surface area contributed by atoms with Crippen molar-refractivity contribution in [2.45, 2.75) is 13.8 Å². The van der Waals surface area contributed by atoms with Gasteiger partial charge in [-0.3, -0.25) is 0 Å². The lowest BCUT2D eigenvalue weighted by molar-refractivity contribution is 0.359. The molecule has 14 heavy (non-hydrogen) atoms. The fourth-order valence-corrected chi connectivity index (χ4v) is 0.936. The Balaban J connectivity index is 2.54. The molecule has 0 atom stereocenters. The van der Waals surface area contributed by atoms with Gasteiger partial charge in [-0.05, 0) is 38.1 Å². The lowest BCUT2D eigenvalue weighted by Crippen LogP contribution is -1.98. The molecule has 0 aliphatic carbocycles. The zero-order valence-corrected chi connectivity index (χ0v) is 9.77. The van der Waals surface area contributed by atoms with E-state index in [4.69, 9.17) is 4.74 Å². The highest BCUT2D eigenvalue weighted by atomic mass is 79.9. The number of allylic oxidation sites excluding steroid dienone is 1. The molecule has 0 bridgehead atoms. The van der Waals surface area contributed by atoms with Gasteiger partial charge in [0.15, 0.2) is 0 Å². The fraction of sp³-hybridized carbons (Fsp3) is 0.273. The standard InChI is InChI=1S/C11H12BrFO/c1-8(2)11(12)7-14-10-5-3-9(13)4-6-10/h3-6H,7H2,1-2H3. The summed E-state index contributed by atoms with van der Waals surface area (Å²) in [6.07, 6.45) is 0. The zero-order valence-electron chi connectivity index (χ0n) is 8.18. The van der Waals surface area contributed by atoms with Crippen LogP contribution < -0.4 is 4.74 Å². The maximum atomic E-state index is 12.5. The average molecular weight is 259 g/mol. The highest BCUT2D eigenvalue weighted by molar-refractivity contribution is 9.11.